The Morgan fingerprint density at radius 2 is 0.949 bits per heavy atom. The molecule has 0 bridgehead atoms. The molecule has 8 aromatic carbocycles. The molecule has 59 heavy (non-hydrogen) atoms. The molecule has 0 unspecified atom stereocenters. The average molecular weight is 755 g/mol. The molecular weight excluding hydrogens is 717 g/mol. The first kappa shape index (κ1) is 33.6. The lowest BCUT2D eigenvalue weighted by Gasteiger charge is -2.23. The fourth-order valence-electron chi connectivity index (χ4n) is 9.73. The number of para-hydroxylation sites is 3. The molecule has 4 nitrogen and oxygen atoms in total. The lowest BCUT2D eigenvalue weighted by atomic mass is 9.81. The monoisotopic (exact) mass is 754 g/mol. The number of hydrogen-bond donors (Lipinski definition) is 0. The van der Waals surface area contributed by atoms with Gasteiger partial charge >= 0.3 is 0 Å². The summed E-state index contributed by atoms with van der Waals surface area (Å²) in [6.45, 7) is 4.72. The minimum Gasteiger partial charge on any atom is -0.309 e. The summed E-state index contributed by atoms with van der Waals surface area (Å²) in [4.78, 5) is 10.4. The minimum atomic E-state index is -0.270. The molecule has 1 aliphatic rings. The van der Waals surface area contributed by atoms with Crippen LogP contribution in [0.2, 0.25) is 0 Å². The highest BCUT2D eigenvalue weighted by atomic mass is 15.0. The number of benzene rings is 8. The van der Waals surface area contributed by atoms with Crippen LogP contribution in [0, 0.1) is 0 Å². The first-order valence-electron chi connectivity index (χ1n) is 20.3. The molecule has 0 saturated carbocycles. The number of fused-ring (bicyclic) bond motifs is 10. The van der Waals surface area contributed by atoms with Crippen molar-refractivity contribution in [3.63, 3.8) is 0 Å². The van der Waals surface area contributed by atoms with Gasteiger partial charge in [0.05, 0.1) is 33.5 Å². The predicted molar refractivity (Wildman–Crippen MR) is 245 cm³/mol. The van der Waals surface area contributed by atoms with Crippen LogP contribution in [0.25, 0.3) is 100 Å². The molecule has 0 radical (unpaired) electrons. The molecule has 12 rings (SSSR count). The fraction of sp³-hybridized carbons (Fsp3) is 0.0545. The zero-order chi connectivity index (χ0) is 39.2. The first-order chi connectivity index (χ1) is 29.0. The Hall–Kier alpha value is -7.56. The van der Waals surface area contributed by atoms with E-state index in [9.17, 15) is 0 Å². The standard InChI is InChI=1S/C55H38N4/c1-55(2)45-32-37(54-56-47(35-16-6-3-7-17-35)34-48(57-54)36-18-8-4-9-19-36)26-28-40(45)41-29-27-39(33-46(41)55)59-49-24-14-12-22-42(49)43-30-31-51-52(53(43)59)44-23-13-15-25-50(44)58(51)38-20-10-5-11-21-38/h3-34H,1-2H3. The molecule has 0 aliphatic heterocycles. The third-order valence-electron chi connectivity index (χ3n) is 12.5. The zero-order valence-corrected chi connectivity index (χ0v) is 32.8. The Morgan fingerprint density at radius 1 is 0.390 bits per heavy atom. The molecule has 0 saturated heterocycles. The summed E-state index contributed by atoms with van der Waals surface area (Å²) >= 11 is 0. The number of aromatic nitrogens is 4. The Morgan fingerprint density at radius 3 is 1.63 bits per heavy atom. The fourth-order valence-corrected chi connectivity index (χ4v) is 9.73. The second kappa shape index (κ2) is 12.7. The van der Waals surface area contributed by atoms with Gasteiger partial charge < -0.3 is 9.13 Å². The Kier molecular flexibility index (Phi) is 7.24. The smallest absolute Gasteiger partial charge is 0.160 e. The number of nitrogens with zero attached hydrogens (tertiary/aromatic N) is 4. The molecule has 0 spiro atoms. The number of rotatable bonds is 5. The van der Waals surface area contributed by atoms with Crippen LogP contribution in [0.15, 0.2) is 194 Å². The SMILES string of the molecule is CC1(C)c2cc(-c3nc(-c4ccccc4)cc(-c4ccccc4)n3)ccc2-c2ccc(-n3c4ccccc4c4ccc5c(c6ccccc6n5-c5ccccc5)c43)cc21. The van der Waals surface area contributed by atoms with Crippen molar-refractivity contribution in [2.24, 2.45) is 0 Å². The molecule has 11 aromatic rings. The molecule has 0 amide bonds. The van der Waals surface area contributed by atoms with Crippen molar-refractivity contribution in [3.8, 4) is 56.4 Å². The van der Waals surface area contributed by atoms with Crippen LogP contribution in [0.5, 0.6) is 0 Å². The van der Waals surface area contributed by atoms with Crippen LogP contribution < -0.4 is 0 Å². The van der Waals surface area contributed by atoms with Crippen molar-refractivity contribution in [1.29, 1.82) is 0 Å². The zero-order valence-electron chi connectivity index (χ0n) is 32.8. The Bertz CT molecular complexity index is 3390. The van der Waals surface area contributed by atoms with E-state index in [0.29, 0.717) is 0 Å². The van der Waals surface area contributed by atoms with Gasteiger partial charge in [0.1, 0.15) is 0 Å². The largest absolute Gasteiger partial charge is 0.309 e. The lowest BCUT2D eigenvalue weighted by Crippen LogP contribution is -2.15. The van der Waals surface area contributed by atoms with Crippen LogP contribution >= 0.6 is 0 Å². The topological polar surface area (TPSA) is 35.6 Å². The van der Waals surface area contributed by atoms with Gasteiger partial charge in [0, 0.05) is 55.0 Å². The van der Waals surface area contributed by atoms with E-state index in [4.69, 9.17) is 9.97 Å². The molecule has 0 N–H and O–H groups in total. The third-order valence-corrected chi connectivity index (χ3v) is 12.5. The number of hydrogen-bond acceptors (Lipinski definition) is 2. The minimum absolute atomic E-state index is 0.270. The van der Waals surface area contributed by atoms with Gasteiger partial charge in [-0.1, -0.05) is 153 Å². The third kappa shape index (κ3) is 5.03. The van der Waals surface area contributed by atoms with E-state index in [1.54, 1.807) is 0 Å². The molecular formula is C55H38N4. The summed E-state index contributed by atoms with van der Waals surface area (Å²) in [7, 11) is 0. The highest BCUT2D eigenvalue weighted by Gasteiger charge is 2.36. The van der Waals surface area contributed by atoms with Gasteiger partial charge in [0.2, 0.25) is 0 Å². The summed E-state index contributed by atoms with van der Waals surface area (Å²) in [6, 6.07) is 69.9. The molecule has 3 heterocycles. The van der Waals surface area contributed by atoms with Crippen molar-refractivity contribution in [3.05, 3.63) is 205 Å². The van der Waals surface area contributed by atoms with E-state index in [0.717, 1.165) is 45.3 Å². The summed E-state index contributed by atoms with van der Waals surface area (Å²) in [6.07, 6.45) is 0. The van der Waals surface area contributed by atoms with Gasteiger partial charge in [-0.15, -0.1) is 0 Å². The molecule has 0 atom stereocenters. The summed E-state index contributed by atoms with van der Waals surface area (Å²) < 4.78 is 4.92. The van der Waals surface area contributed by atoms with Gasteiger partial charge in [0.25, 0.3) is 0 Å². The first-order valence-corrected chi connectivity index (χ1v) is 20.3. The quantitative estimate of drug-likeness (QED) is 0.175. The van der Waals surface area contributed by atoms with Gasteiger partial charge in [-0.25, -0.2) is 9.97 Å². The van der Waals surface area contributed by atoms with Crippen LogP contribution in [-0.4, -0.2) is 19.1 Å². The van der Waals surface area contributed by atoms with E-state index in [1.165, 1.54) is 65.9 Å². The van der Waals surface area contributed by atoms with Gasteiger partial charge in [-0.05, 0) is 76.9 Å². The van der Waals surface area contributed by atoms with Crippen LogP contribution in [0.3, 0.4) is 0 Å². The van der Waals surface area contributed by atoms with E-state index >= 15 is 0 Å². The molecule has 0 fully saturated rings. The Labute approximate surface area is 342 Å². The predicted octanol–water partition coefficient (Wildman–Crippen LogP) is 14.0. The van der Waals surface area contributed by atoms with E-state index in [2.05, 4.69) is 205 Å². The van der Waals surface area contributed by atoms with E-state index < -0.39 is 0 Å². The highest BCUT2D eigenvalue weighted by molar-refractivity contribution is 6.26. The van der Waals surface area contributed by atoms with Gasteiger partial charge in [-0.2, -0.15) is 0 Å². The van der Waals surface area contributed by atoms with Crippen molar-refractivity contribution in [2.45, 2.75) is 19.3 Å². The van der Waals surface area contributed by atoms with Crippen LogP contribution in [0.1, 0.15) is 25.0 Å². The normalized spacial score (nSPS) is 13.1. The lowest BCUT2D eigenvalue weighted by molar-refractivity contribution is 0.660. The second-order valence-corrected chi connectivity index (χ2v) is 16.2. The highest BCUT2D eigenvalue weighted by Crippen LogP contribution is 2.51. The summed E-state index contributed by atoms with van der Waals surface area (Å²) in [5, 5.41) is 5.01. The molecule has 1 aliphatic carbocycles. The average Bonchev–Trinajstić information content (AvgIpc) is 3.89. The van der Waals surface area contributed by atoms with Crippen LogP contribution in [-0.2, 0) is 5.41 Å². The van der Waals surface area contributed by atoms with Gasteiger partial charge in [-0.3, -0.25) is 0 Å². The maximum Gasteiger partial charge on any atom is 0.160 e. The van der Waals surface area contributed by atoms with Crippen molar-refractivity contribution < 1.29 is 0 Å². The van der Waals surface area contributed by atoms with Crippen LogP contribution in [0.4, 0.5) is 0 Å². The van der Waals surface area contributed by atoms with E-state index in [-0.39, 0.29) is 5.41 Å². The van der Waals surface area contributed by atoms with Gasteiger partial charge in [0.15, 0.2) is 5.82 Å². The molecule has 278 valence electrons. The van der Waals surface area contributed by atoms with Crippen molar-refractivity contribution >= 4 is 43.6 Å². The Balaban J connectivity index is 1.04. The van der Waals surface area contributed by atoms with E-state index in [1.807, 2.05) is 12.1 Å². The molecule has 3 aromatic heterocycles. The maximum atomic E-state index is 5.18. The summed E-state index contributed by atoms with van der Waals surface area (Å²) in [5.74, 6) is 0.726. The molecule has 4 heteroatoms. The van der Waals surface area contributed by atoms with Crippen molar-refractivity contribution in [2.75, 3.05) is 0 Å². The van der Waals surface area contributed by atoms with Crippen molar-refractivity contribution in [1.82, 2.24) is 19.1 Å². The summed E-state index contributed by atoms with van der Waals surface area (Å²) in [5.41, 5.74) is 17.0. The maximum absolute atomic E-state index is 5.18. The second-order valence-electron chi connectivity index (χ2n) is 16.2.